The van der Waals surface area contributed by atoms with E-state index in [1.165, 1.54) is 18.7 Å². The van der Waals surface area contributed by atoms with Gasteiger partial charge in [0, 0.05) is 16.6 Å². The standard InChI is InChI=1S/C21H20N2O2S/c1-13-12-20(23-19-7-5-4-6-18(13)19)26-15(3)21(25)22-17-10-8-16(9-11-17)14(2)24/h4-12,15H,1-3H3,(H,22,25)/t15-/m0/s1. The van der Waals surface area contributed by atoms with Crippen molar-refractivity contribution in [2.24, 2.45) is 0 Å². The topological polar surface area (TPSA) is 59.1 Å². The number of hydrogen-bond donors (Lipinski definition) is 1. The molecule has 0 saturated heterocycles. The van der Waals surface area contributed by atoms with Gasteiger partial charge in [0.1, 0.15) is 0 Å². The van der Waals surface area contributed by atoms with Gasteiger partial charge in [0.05, 0.1) is 15.8 Å². The second-order valence-corrected chi connectivity index (χ2v) is 7.54. The largest absolute Gasteiger partial charge is 0.325 e. The number of rotatable bonds is 5. The van der Waals surface area contributed by atoms with Crippen LogP contribution in [-0.2, 0) is 4.79 Å². The van der Waals surface area contributed by atoms with Gasteiger partial charge in [-0.25, -0.2) is 4.98 Å². The maximum absolute atomic E-state index is 12.5. The fourth-order valence-electron chi connectivity index (χ4n) is 2.65. The summed E-state index contributed by atoms with van der Waals surface area (Å²) in [6.07, 6.45) is 0. The molecule has 3 aromatic rings. The molecule has 26 heavy (non-hydrogen) atoms. The highest BCUT2D eigenvalue weighted by molar-refractivity contribution is 8.00. The van der Waals surface area contributed by atoms with Gasteiger partial charge in [0.2, 0.25) is 5.91 Å². The summed E-state index contributed by atoms with van der Waals surface area (Å²) in [7, 11) is 0. The molecule has 0 aliphatic carbocycles. The molecule has 132 valence electrons. The van der Waals surface area contributed by atoms with Gasteiger partial charge in [0.15, 0.2) is 5.78 Å². The lowest BCUT2D eigenvalue weighted by atomic mass is 10.1. The number of aryl methyl sites for hydroxylation is 1. The Morgan fingerprint density at radius 2 is 1.77 bits per heavy atom. The van der Waals surface area contributed by atoms with Crippen molar-refractivity contribution in [2.45, 2.75) is 31.0 Å². The first-order valence-corrected chi connectivity index (χ1v) is 9.27. The van der Waals surface area contributed by atoms with Gasteiger partial charge in [-0.05, 0) is 62.7 Å². The monoisotopic (exact) mass is 364 g/mol. The number of aromatic nitrogens is 1. The predicted octanol–water partition coefficient (Wildman–Crippen LogP) is 4.87. The van der Waals surface area contributed by atoms with Gasteiger partial charge in [-0.1, -0.05) is 30.0 Å². The second-order valence-electron chi connectivity index (χ2n) is 6.18. The molecule has 1 atom stereocenters. The summed E-state index contributed by atoms with van der Waals surface area (Å²) >= 11 is 1.43. The number of fused-ring (bicyclic) bond motifs is 1. The number of ketones is 1. The summed E-state index contributed by atoms with van der Waals surface area (Å²) in [4.78, 5) is 28.4. The zero-order valence-corrected chi connectivity index (χ0v) is 15.8. The van der Waals surface area contributed by atoms with Gasteiger partial charge in [-0.2, -0.15) is 0 Å². The van der Waals surface area contributed by atoms with E-state index in [1.54, 1.807) is 24.3 Å². The molecule has 4 nitrogen and oxygen atoms in total. The maximum Gasteiger partial charge on any atom is 0.237 e. The van der Waals surface area contributed by atoms with Gasteiger partial charge < -0.3 is 5.32 Å². The number of anilines is 1. The molecule has 0 aliphatic rings. The molecule has 0 bridgehead atoms. The number of pyridine rings is 1. The number of carbonyl (C=O) groups is 2. The minimum absolute atomic E-state index is 0.00421. The number of nitrogens with zero attached hydrogens (tertiary/aromatic N) is 1. The number of benzene rings is 2. The van der Waals surface area contributed by atoms with Crippen LogP contribution in [0.2, 0.25) is 0 Å². The fraction of sp³-hybridized carbons (Fsp3) is 0.190. The predicted molar refractivity (Wildman–Crippen MR) is 107 cm³/mol. The van der Waals surface area contributed by atoms with Gasteiger partial charge in [0.25, 0.3) is 0 Å². The molecular formula is C21H20N2O2S. The lowest BCUT2D eigenvalue weighted by Crippen LogP contribution is -2.22. The van der Waals surface area contributed by atoms with Crippen LogP contribution in [0.3, 0.4) is 0 Å². The lowest BCUT2D eigenvalue weighted by molar-refractivity contribution is -0.115. The van der Waals surface area contributed by atoms with Crippen LogP contribution in [0.15, 0.2) is 59.6 Å². The van der Waals surface area contributed by atoms with Crippen LogP contribution in [0.1, 0.15) is 29.8 Å². The highest BCUT2D eigenvalue weighted by Crippen LogP contribution is 2.27. The number of para-hydroxylation sites is 1. The van der Waals surface area contributed by atoms with Crippen LogP contribution in [0.25, 0.3) is 10.9 Å². The molecule has 0 saturated carbocycles. The molecule has 1 N–H and O–H groups in total. The molecule has 3 rings (SSSR count). The van der Waals surface area contributed by atoms with Crippen molar-refractivity contribution in [2.75, 3.05) is 5.32 Å². The first kappa shape index (κ1) is 18.1. The van der Waals surface area contributed by atoms with E-state index in [-0.39, 0.29) is 16.9 Å². The van der Waals surface area contributed by atoms with Gasteiger partial charge >= 0.3 is 0 Å². The summed E-state index contributed by atoms with van der Waals surface area (Å²) in [5.41, 5.74) is 3.38. The van der Waals surface area contributed by atoms with Gasteiger partial charge in [-0.15, -0.1) is 0 Å². The average Bonchev–Trinajstić information content (AvgIpc) is 2.62. The van der Waals surface area contributed by atoms with Crippen molar-refractivity contribution in [1.29, 1.82) is 0 Å². The Hall–Kier alpha value is -2.66. The van der Waals surface area contributed by atoms with E-state index >= 15 is 0 Å². The van der Waals surface area contributed by atoms with Crippen LogP contribution in [0.5, 0.6) is 0 Å². The van der Waals surface area contributed by atoms with Crippen molar-refractivity contribution >= 4 is 40.0 Å². The van der Waals surface area contributed by atoms with E-state index in [9.17, 15) is 9.59 Å². The molecule has 1 aromatic heterocycles. The minimum Gasteiger partial charge on any atom is -0.325 e. The van der Waals surface area contributed by atoms with Crippen LogP contribution < -0.4 is 5.32 Å². The Morgan fingerprint density at radius 1 is 1.08 bits per heavy atom. The first-order chi connectivity index (χ1) is 12.4. The normalized spacial score (nSPS) is 12.0. The molecular weight excluding hydrogens is 344 g/mol. The zero-order valence-electron chi connectivity index (χ0n) is 14.9. The highest BCUT2D eigenvalue weighted by atomic mass is 32.2. The van der Waals surface area contributed by atoms with E-state index in [1.807, 2.05) is 37.3 Å². The number of thioether (sulfide) groups is 1. The minimum atomic E-state index is -0.296. The van der Waals surface area contributed by atoms with E-state index in [0.717, 1.165) is 21.5 Å². The first-order valence-electron chi connectivity index (χ1n) is 8.39. The van der Waals surface area contributed by atoms with E-state index < -0.39 is 0 Å². The van der Waals surface area contributed by atoms with Crippen LogP contribution in [0, 0.1) is 6.92 Å². The van der Waals surface area contributed by atoms with Crippen molar-refractivity contribution in [3.8, 4) is 0 Å². The number of amides is 1. The summed E-state index contributed by atoms with van der Waals surface area (Å²) in [5, 5.41) is 4.54. The third kappa shape index (κ3) is 4.11. The zero-order chi connectivity index (χ0) is 18.7. The SMILES string of the molecule is CC(=O)c1ccc(NC(=O)[C@H](C)Sc2cc(C)c3ccccc3n2)cc1. The van der Waals surface area contributed by atoms with Crippen molar-refractivity contribution < 1.29 is 9.59 Å². The quantitative estimate of drug-likeness (QED) is 0.518. The number of nitrogens with one attached hydrogen (secondary N) is 1. The van der Waals surface area contributed by atoms with E-state index in [4.69, 9.17) is 0 Å². The molecule has 5 heteroatoms. The molecule has 0 aliphatic heterocycles. The number of carbonyl (C=O) groups excluding carboxylic acids is 2. The molecule has 0 fully saturated rings. The molecule has 0 unspecified atom stereocenters. The van der Waals surface area contributed by atoms with Crippen LogP contribution >= 0.6 is 11.8 Å². The molecule has 0 spiro atoms. The Balaban J connectivity index is 1.70. The highest BCUT2D eigenvalue weighted by Gasteiger charge is 2.16. The van der Waals surface area contributed by atoms with Crippen molar-refractivity contribution in [3.63, 3.8) is 0 Å². The molecule has 2 aromatic carbocycles. The maximum atomic E-state index is 12.5. The second kappa shape index (κ2) is 7.70. The summed E-state index contributed by atoms with van der Waals surface area (Å²) in [5.74, 6) is -0.0947. The average molecular weight is 364 g/mol. The Kier molecular flexibility index (Phi) is 5.38. The molecule has 1 heterocycles. The number of hydrogen-bond acceptors (Lipinski definition) is 4. The smallest absolute Gasteiger partial charge is 0.237 e. The Labute approximate surface area is 157 Å². The van der Waals surface area contributed by atoms with E-state index in [2.05, 4.69) is 17.2 Å². The number of Topliss-reactive ketones (excluding diaryl/α,β-unsaturated/α-hetero) is 1. The Bertz CT molecular complexity index is 967. The molecule has 0 radical (unpaired) electrons. The Morgan fingerprint density at radius 3 is 2.46 bits per heavy atom. The fourth-order valence-corrected chi connectivity index (χ4v) is 3.57. The van der Waals surface area contributed by atoms with Crippen LogP contribution in [0.4, 0.5) is 5.69 Å². The summed E-state index contributed by atoms with van der Waals surface area (Å²) in [6.45, 7) is 5.43. The lowest BCUT2D eigenvalue weighted by Gasteiger charge is -2.13. The summed E-state index contributed by atoms with van der Waals surface area (Å²) < 4.78 is 0. The molecule has 1 amide bonds. The summed E-state index contributed by atoms with van der Waals surface area (Å²) in [6, 6.07) is 16.9. The third-order valence-electron chi connectivity index (χ3n) is 4.13. The van der Waals surface area contributed by atoms with Gasteiger partial charge in [-0.3, -0.25) is 9.59 Å². The van der Waals surface area contributed by atoms with E-state index in [0.29, 0.717) is 11.3 Å². The van der Waals surface area contributed by atoms with Crippen molar-refractivity contribution in [1.82, 2.24) is 4.98 Å². The third-order valence-corrected chi connectivity index (χ3v) is 5.14. The van der Waals surface area contributed by atoms with Crippen molar-refractivity contribution in [3.05, 3.63) is 65.7 Å². The van der Waals surface area contributed by atoms with Crippen LogP contribution in [-0.4, -0.2) is 21.9 Å².